The third-order valence-corrected chi connectivity index (χ3v) is 5.64. The zero-order valence-corrected chi connectivity index (χ0v) is 16.9. The summed E-state index contributed by atoms with van der Waals surface area (Å²) in [6.07, 6.45) is 10.9. The predicted octanol–water partition coefficient (Wildman–Crippen LogP) is 3.98. The molecule has 0 spiro atoms. The lowest BCUT2D eigenvalue weighted by Crippen LogP contribution is -2.49. The van der Waals surface area contributed by atoms with Crippen LogP contribution in [-0.4, -0.2) is 49.6 Å². The number of hydrogen-bond acceptors (Lipinski definition) is 4. The standard InChI is InChI=1S/C22H34N4O2/c27-21-12-17-26(22(28)24-21)20-11-9-10-19(18-20)23-13-5-2-1-3-6-14-25-15-7-4-8-16-25/h9-11,18,23H,1-8,12-17H2,(H,24,27,28). The summed E-state index contributed by atoms with van der Waals surface area (Å²) >= 11 is 0. The van der Waals surface area contributed by atoms with Crippen molar-refractivity contribution in [3.8, 4) is 0 Å². The molecule has 0 aliphatic carbocycles. The van der Waals surface area contributed by atoms with Crippen LogP contribution in [0.1, 0.15) is 57.8 Å². The number of anilines is 2. The molecule has 6 heteroatoms. The molecular formula is C22H34N4O2. The number of amides is 3. The third-order valence-electron chi connectivity index (χ3n) is 5.64. The maximum absolute atomic E-state index is 12.0. The van der Waals surface area contributed by atoms with Crippen LogP contribution in [0.3, 0.4) is 0 Å². The fourth-order valence-corrected chi connectivity index (χ4v) is 4.00. The van der Waals surface area contributed by atoms with E-state index < -0.39 is 0 Å². The minimum atomic E-state index is -0.335. The number of urea groups is 1. The minimum Gasteiger partial charge on any atom is -0.385 e. The lowest BCUT2D eigenvalue weighted by atomic mass is 10.1. The van der Waals surface area contributed by atoms with Crippen LogP contribution in [0, 0.1) is 0 Å². The Hall–Kier alpha value is -2.08. The van der Waals surface area contributed by atoms with Crippen molar-refractivity contribution >= 4 is 23.3 Å². The van der Waals surface area contributed by atoms with Gasteiger partial charge in [-0.15, -0.1) is 0 Å². The number of nitrogens with zero attached hydrogens (tertiary/aromatic N) is 2. The van der Waals surface area contributed by atoms with Crippen molar-refractivity contribution in [2.75, 3.05) is 42.9 Å². The first kappa shape index (κ1) is 20.6. The van der Waals surface area contributed by atoms with Gasteiger partial charge in [0.2, 0.25) is 5.91 Å². The second-order valence-electron chi connectivity index (χ2n) is 7.90. The molecule has 2 heterocycles. The molecule has 28 heavy (non-hydrogen) atoms. The van der Waals surface area contributed by atoms with Crippen LogP contribution in [0.25, 0.3) is 0 Å². The highest BCUT2D eigenvalue weighted by Gasteiger charge is 2.24. The van der Waals surface area contributed by atoms with Gasteiger partial charge in [-0.2, -0.15) is 0 Å². The monoisotopic (exact) mass is 386 g/mol. The summed E-state index contributed by atoms with van der Waals surface area (Å²) in [5.41, 5.74) is 1.85. The molecule has 0 radical (unpaired) electrons. The van der Waals surface area contributed by atoms with Crippen LogP contribution < -0.4 is 15.5 Å². The highest BCUT2D eigenvalue weighted by Crippen LogP contribution is 2.21. The van der Waals surface area contributed by atoms with E-state index in [4.69, 9.17) is 0 Å². The lowest BCUT2D eigenvalue weighted by Gasteiger charge is -2.26. The Kier molecular flexibility index (Phi) is 8.15. The van der Waals surface area contributed by atoms with Crippen molar-refractivity contribution in [3.05, 3.63) is 24.3 Å². The van der Waals surface area contributed by atoms with Crippen molar-refractivity contribution < 1.29 is 9.59 Å². The lowest BCUT2D eigenvalue weighted by molar-refractivity contribution is -0.120. The summed E-state index contributed by atoms with van der Waals surface area (Å²) < 4.78 is 0. The Morgan fingerprint density at radius 1 is 0.929 bits per heavy atom. The first-order chi connectivity index (χ1) is 13.7. The van der Waals surface area contributed by atoms with E-state index in [1.807, 2.05) is 24.3 Å². The summed E-state index contributed by atoms with van der Waals surface area (Å²) in [6.45, 7) is 5.27. The van der Waals surface area contributed by atoms with Crippen LogP contribution in [-0.2, 0) is 4.79 Å². The van der Waals surface area contributed by atoms with Gasteiger partial charge in [-0.25, -0.2) is 4.79 Å². The second kappa shape index (κ2) is 11.1. The van der Waals surface area contributed by atoms with E-state index in [1.165, 1.54) is 64.6 Å². The van der Waals surface area contributed by atoms with Gasteiger partial charge in [0.05, 0.1) is 0 Å². The molecule has 6 nitrogen and oxygen atoms in total. The molecule has 2 saturated heterocycles. The van der Waals surface area contributed by atoms with Gasteiger partial charge < -0.3 is 10.2 Å². The molecule has 2 fully saturated rings. The van der Waals surface area contributed by atoms with Crippen LogP contribution in [0.4, 0.5) is 16.2 Å². The van der Waals surface area contributed by atoms with Crippen molar-refractivity contribution in [2.45, 2.75) is 57.8 Å². The highest BCUT2D eigenvalue weighted by atomic mass is 16.2. The smallest absolute Gasteiger partial charge is 0.328 e. The zero-order valence-electron chi connectivity index (χ0n) is 16.9. The SMILES string of the molecule is O=C1CCN(c2cccc(NCCCCCCCN3CCCCC3)c2)C(=O)N1. The minimum absolute atomic E-state index is 0.202. The first-order valence-electron chi connectivity index (χ1n) is 10.9. The van der Waals surface area contributed by atoms with Crippen LogP contribution >= 0.6 is 0 Å². The topological polar surface area (TPSA) is 64.7 Å². The summed E-state index contributed by atoms with van der Waals surface area (Å²) in [5.74, 6) is -0.202. The Balaban J connectivity index is 1.29. The summed E-state index contributed by atoms with van der Waals surface area (Å²) in [4.78, 5) is 27.5. The molecule has 3 rings (SSSR count). The molecule has 0 aromatic heterocycles. The number of unbranched alkanes of at least 4 members (excludes halogenated alkanes) is 4. The van der Waals surface area contributed by atoms with Gasteiger partial charge in [0.15, 0.2) is 0 Å². The quantitative estimate of drug-likeness (QED) is 0.597. The number of hydrogen-bond donors (Lipinski definition) is 2. The fourth-order valence-electron chi connectivity index (χ4n) is 4.00. The Labute approximate surface area is 168 Å². The van der Waals surface area contributed by atoms with Crippen LogP contribution in [0.15, 0.2) is 24.3 Å². The molecule has 0 bridgehead atoms. The molecule has 2 aliphatic rings. The molecule has 3 amide bonds. The van der Waals surface area contributed by atoms with Crippen molar-refractivity contribution in [1.82, 2.24) is 10.2 Å². The van der Waals surface area contributed by atoms with Crippen molar-refractivity contribution in [1.29, 1.82) is 0 Å². The number of piperidine rings is 1. The molecule has 2 aliphatic heterocycles. The van der Waals surface area contributed by atoms with E-state index in [2.05, 4.69) is 15.5 Å². The number of imide groups is 1. The number of rotatable bonds is 10. The Bertz CT molecular complexity index is 643. The highest BCUT2D eigenvalue weighted by molar-refractivity contribution is 6.05. The van der Waals surface area contributed by atoms with E-state index in [1.54, 1.807) is 4.90 Å². The van der Waals surface area contributed by atoms with Crippen molar-refractivity contribution in [3.63, 3.8) is 0 Å². The number of carbonyl (C=O) groups is 2. The van der Waals surface area contributed by atoms with E-state index in [0.29, 0.717) is 13.0 Å². The van der Waals surface area contributed by atoms with Gasteiger partial charge in [0.25, 0.3) is 0 Å². The third kappa shape index (κ3) is 6.51. The molecule has 0 unspecified atom stereocenters. The largest absolute Gasteiger partial charge is 0.385 e. The fraction of sp³-hybridized carbons (Fsp3) is 0.636. The summed E-state index contributed by atoms with van der Waals surface area (Å²) in [6, 6.07) is 7.52. The van der Waals surface area contributed by atoms with E-state index in [9.17, 15) is 9.59 Å². The van der Waals surface area contributed by atoms with Crippen molar-refractivity contribution in [2.24, 2.45) is 0 Å². The molecule has 1 aromatic rings. The predicted molar refractivity (Wildman–Crippen MR) is 114 cm³/mol. The molecule has 0 atom stereocenters. The average molecular weight is 387 g/mol. The Morgan fingerprint density at radius 3 is 2.54 bits per heavy atom. The molecular weight excluding hydrogens is 352 g/mol. The van der Waals surface area contributed by atoms with Gasteiger partial charge in [0, 0.05) is 30.9 Å². The number of nitrogens with one attached hydrogen (secondary N) is 2. The molecule has 1 aromatic carbocycles. The first-order valence-corrected chi connectivity index (χ1v) is 10.9. The van der Waals surface area contributed by atoms with E-state index in [0.717, 1.165) is 24.3 Å². The van der Waals surface area contributed by atoms with Gasteiger partial charge >= 0.3 is 6.03 Å². The number of likely N-dealkylation sites (tertiary alicyclic amines) is 1. The maximum Gasteiger partial charge on any atom is 0.328 e. The summed E-state index contributed by atoms with van der Waals surface area (Å²) in [7, 11) is 0. The second-order valence-corrected chi connectivity index (χ2v) is 7.90. The van der Waals surface area contributed by atoms with Crippen LogP contribution in [0.5, 0.6) is 0 Å². The average Bonchev–Trinajstić information content (AvgIpc) is 2.71. The van der Waals surface area contributed by atoms with Gasteiger partial charge in [0.1, 0.15) is 0 Å². The van der Waals surface area contributed by atoms with Crippen LogP contribution in [0.2, 0.25) is 0 Å². The molecule has 2 N–H and O–H groups in total. The van der Waals surface area contributed by atoms with Gasteiger partial charge in [-0.05, 0) is 63.5 Å². The molecule has 154 valence electrons. The normalized spacial score (nSPS) is 18.2. The summed E-state index contributed by atoms with van der Waals surface area (Å²) in [5, 5.41) is 5.83. The van der Waals surface area contributed by atoms with Gasteiger partial charge in [-0.3, -0.25) is 15.0 Å². The van der Waals surface area contributed by atoms with E-state index >= 15 is 0 Å². The zero-order chi connectivity index (χ0) is 19.6. The number of carbonyl (C=O) groups excluding carboxylic acids is 2. The maximum atomic E-state index is 12.0. The van der Waals surface area contributed by atoms with E-state index in [-0.39, 0.29) is 11.9 Å². The van der Waals surface area contributed by atoms with Gasteiger partial charge in [-0.1, -0.05) is 31.7 Å². The number of benzene rings is 1. The molecule has 0 saturated carbocycles. The Morgan fingerprint density at radius 2 is 1.71 bits per heavy atom.